The van der Waals surface area contributed by atoms with Gasteiger partial charge in [-0.1, -0.05) is 0 Å². The van der Waals surface area contributed by atoms with Crippen molar-refractivity contribution in [2.45, 2.75) is 20.4 Å². The lowest BCUT2D eigenvalue weighted by atomic mass is 10.2. The standard InChI is InChI=1S/C11H17N7/c1-7-9(8(2)18(3)17-7)4-14-10-5-13-6-11(15-10)16-12/h5-6H,4,12H2,1-3H3,(H2,14,15,16). The van der Waals surface area contributed by atoms with Gasteiger partial charge in [0, 0.05) is 24.8 Å². The van der Waals surface area contributed by atoms with Crippen molar-refractivity contribution in [2.75, 3.05) is 10.7 Å². The van der Waals surface area contributed by atoms with Crippen LogP contribution in [0.5, 0.6) is 0 Å². The van der Waals surface area contributed by atoms with Crippen molar-refractivity contribution in [3.63, 3.8) is 0 Å². The van der Waals surface area contributed by atoms with Crippen molar-refractivity contribution in [3.05, 3.63) is 29.3 Å². The molecule has 2 heterocycles. The zero-order valence-corrected chi connectivity index (χ0v) is 10.7. The minimum Gasteiger partial charge on any atom is -0.365 e. The quantitative estimate of drug-likeness (QED) is 0.544. The Bertz CT molecular complexity index is 546. The third-order valence-corrected chi connectivity index (χ3v) is 2.89. The second kappa shape index (κ2) is 5.01. The van der Waals surface area contributed by atoms with E-state index in [2.05, 4.69) is 25.8 Å². The molecule has 2 rings (SSSR count). The van der Waals surface area contributed by atoms with Gasteiger partial charge in [0.2, 0.25) is 0 Å². The van der Waals surface area contributed by atoms with Crippen molar-refractivity contribution in [3.8, 4) is 0 Å². The van der Waals surface area contributed by atoms with Crippen LogP contribution in [0.3, 0.4) is 0 Å². The summed E-state index contributed by atoms with van der Waals surface area (Å²) >= 11 is 0. The van der Waals surface area contributed by atoms with Gasteiger partial charge in [-0.2, -0.15) is 5.10 Å². The molecule has 0 aliphatic rings. The van der Waals surface area contributed by atoms with E-state index >= 15 is 0 Å². The van der Waals surface area contributed by atoms with E-state index in [0.717, 1.165) is 11.4 Å². The molecule has 0 saturated carbocycles. The van der Waals surface area contributed by atoms with Crippen LogP contribution in [0.15, 0.2) is 12.4 Å². The van der Waals surface area contributed by atoms with Gasteiger partial charge in [-0.05, 0) is 13.8 Å². The van der Waals surface area contributed by atoms with E-state index in [0.29, 0.717) is 18.2 Å². The largest absolute Gasteiger partial charge is 0.365 e. The number of aromatic nitrogens is 4. The summed E-state index contributed by atoms with van der Waals surface area (Å²) in [6.45, 7) is 4.70. The van der Waals surface area contributed by atoms with E-state index in [1.807, 2.05) is 25.6 Å². The van der Waals surface area contributed by atoms with Crippen LogP contribution in [0.25, 0.3) is 0 Å². The van der Waals surface area contributed by atoms with Gasteiger partial charge in [0.05, 0.1) is 18.1 Å². The zero-order chi connectivity index (χ0) is 13.1. The number of nitrogens with two attached hydrogens (primary N) is 1. The molecule has 2 aromatic rings. The van der Waals surface area contributed by atoms with Gasteiger partial charge in [0.25, 0.3) is 0 Å². The Balaban J connectivity index is 2.11. The molecule has 0 radical (unpaired) electrons. The van der Waals surface area contributed by atoms with E-state index in [4.69, 9.17) is 5.84 Å². The molecule has 0 atom stereocenters. The molecule has 7 heteroatoms. The summed E-state index contributed by atoms with van der Waals surface area (Å²) in [4.78, 5) is 8.26. The molecular weight excluding hydrogens is 230 g/mol. The van der Waals surface area contributed by atoms with Crippen LogP contribution in [0.4, 0.5) is 11.6 Å². The minimum atomic E-state index is 0.527. The Morgan fingerprint density at radius 2 is 2.00 bits per heavy atom. The van der Waals surface area contributed by atoms with Gasteiger partial charge < -0.3 is 10.7 Å². The Morgan fingerprint density at radius 3 is 2.61 bits per heavy atom. The Kier molecular flexibility index (Phi) is 3.42. The molecule has 18 heavy (non-hydrogen) atoms. The monoisotopic (exact) mass is 247 g/mol. The average molecular weight is 247 g/mol. The fourth-order valence-corrected chi connectivity index (χ4v) is 1.77. The highest BCUT2D eigenvalue weighted by Crippen LogP contribution is 2.14. The topological polar surface area (TPSA) is 93.7 Å². The first kappa shape index (κ1) is 12.3. The first-order valence-electron chi connectivity index (χ1n) is 5.63. The Hall–Kier alpha value is -2.15. The van der Waals surface area contributed by atoms with Crippen molar-refractivity contribution < 1.29 is 0 Å². The SMILES string of the molecule is Cc1nn(C)c(C)c1CNc1cncc(NN)n1. The summed E-state index contributed by atoms with van der Waals surface area (Å²) in [6, 6.07) is 0. The number of nitrogen functional groups attached to an aromatic ring is 1. The van der Waals surface area contributed by atoms with E-state index < -0.39 is 0 Å². The summed E-state index contributed by atoms with van der Waals surface area (Å²) in [7, 11) is 1.94. The second-order valence-electron chi connectivity index (χ2n) is 4.06. The van der Waals surface area contributed by atoms with Crippen LogP contribution < -0.4 is 16.6 Å². The molecule has 0 saturated heterocycles. The van der Waals surface area contributed by atoms with E-state index in [1.165, 1.54) is 5.56 Å². The number of anilines is 2. The second-order valence-corrected chi connectivity index (χ2v) is 4.06. The molecule has 0 unspecified atom stereocenters. The summed E-state index contributed by atoms with van der Waals surface area (Å²) in [5.41, 5.74) is 5.79. The van der Waals surface area contributed by atoms with E-state index in [-0.39, 0.29) is 0 Å². The number of nitrogens with zero attached hydrogens (tertiary/aromatic N) is 4. The molecule has 2 aromatic heterocycles. The van der Waals surface area contributed by atoms with E-state index in [9.17, 15) is 0 Å². The summed E-state index contributed by atoms with van der Waals surface area (Å²) in [5.74, 6) is 6.49. The summed E-state index contributed by atoms with van der Waals surface area (Å²) < 4.78 is 1.87. The third kappa shape index (κ3) is 2.40. The number of nitrogens with one attached hydrogen (secondary N) is 2. The lowest BCUT2D eigenvalue weighted by Crippen LogP contribution is -2.10. The highest BCUT2D eigenvalue weighted by Gasteiger charge is 2.09. The van der Waals surface area contributed by atoms with Gasteiger partial charge in [0.1, 0.15) is 5.82 Å². The van der Waals surface area contributed by atoms with Gasteiger partial charge in [-0.25, -0.2) is 10.8 Å². The van der Waals surface area contributed by atoms with Gasteiger partial charge in [-0.15, -0.1) is 0 Å². The smallest absolute Gasteiger partial charge is 0.160 e. The zero-order valence-electron chi connectivity index (χ0n) is 10.7. The average Bonchev–Trinajstić information content (AvgIpc) is 2.61. The number of hydrazine groups is 1. The first-order valence-corrected chi connectivity index (χ1v) is 5.63. The summed E-state index contributed by atoms with van der Waals surface area (Å²) in [5, 5.41) is 7.57. The molecule has 0 aliphatic carbocycles. The molecular formula is C11H17N7. The first-order chi connectivity index (χ1) is 8.61. The van der Waals surface area contributed by atoms with Crippen molar-refractivity contribution in [1.29, 1.82) is 0 Å². The molecule has 0 aromatic carbocycles. The van der Waals surface area contributed by atoms with Crippen molar-refractivity contribution in [2.24, 2.45) is 12.9 Å². The van der Waals surface area contributed by atoms with Crippen molar-refractivity contribution in [1.82, 2.24) is 19.7 Å². The van der Waals surface area contributed by atoms with Crippen molar-refractivity contribution >= 4 is 11.6 Å². The fraction of sp³-hybridized carbons (Fsp3) is 0.364. The van der Waals surface area contributed by atoms with Crippen LogP contribution in [0, 0.1) is 13.8 Å². The number of rotatable bonds is 4. The van der Waals surface area contributed by atoms with Crippen LogP contribution in [0.1, 0.15) is 17.0 Å². The molecule has 4 N–H and O–H groups in total. The van der Waals surface area contributed by atoms with Gasteiger partial charge in [-0.3, -0.25) is 9.67 Å². The normalized spacial score (nSPS) is 10.4. The third-order valence-electron chi connectivity index (χ3n) is 2.89. The van der Waals surface area contributed by atoms with Crippen LogP contribution in [-0.2, 0) is 13.6 Å². The lowest BCUT2D eigenvalue weighted by Gasteiger charge is -2.07. The number of hydrogen-bond acceptors (Lipinski definition) is 6. The maximum absolute atomic E-state index is 5.28. The van der Waals surface area contributed by atoms with Crippen LogP contribution in [-0.4, -0.2) is 19.7 Å². The molecule has 7 nitrogen and oxygen atoms in total. The highest BCUT2D eigenvalue weighted by molar-refractivity contribution is 5.41. The van der Waals surface area contributed by atoms with E-state index in [1.54, 1.807) is 12.4 Å². The highest BCUT2D eigenvalue weighted by atomic mass is 15.3. The predicted octanol–water partition coefficient (Wildman–Crippen LogP) is 0.725. The molecule has 0 amide bonds. The molecule has 0 spiro atoms. The van der Waals surface area contributed by atoms with Crippen LogP contribution in [0.2, 0.25) is 0 Å². The maximum atomic E-state index is 5.28. The lowest BCUT2D eigenvalue weighted by molar-refractivity contribution is 0.730. The van der Waals surface area contributed by atoms with Gasteiger partial charge >= 0.3 is 0 Å². The molecule has 96 valence electrons. The minimum absolute atomic E-state index is 0.527. The fourth-order valence-electron chi connectivity index (χ4n) is 1.77. The van der Waals surface area contributed by atoms with Gasteiger partial charge in [0.15, 0.2) is 5.82 Å². The molecule has 0 bridgehead atoms. The Morgan fingerprint density at radius 1 is 1.28 bits per heavy atom. The molecule has 0 fully saturated rings. The molecule has 0 aliphatic heterocycles. The maximum Gasteiger partial charge on any atom is 0.160 e. The number of aryl methyl sites for hydroxylation is 2. The predicted molar refractivity (Wildman–Crippen MR) is 69.9 cm³/mol. The van der Waals surface area contributed by atoms with Crippen LogP contribution >= 0.6 is 0 Å². The Labute approximate surface area is 105 Å². The number of hydrogen-bond donors (Lipinski definition) is 3. The summed E-state index contributed by atoms with van der Waals surface area (Å²) in [6.07, 6.45) is 3.22.